The van der Waals surface area contributed by atoms with E-state index in [9.17, 15) is 0 Å². The first kappa shape index (κ1) is 29.4. The zero-order valence-electron chi connectivity index (χ0n) is 27.6. The van der Waals surface area contributed by atoms with Crippen molar-refractivity contribution in [1.82, 2.24) is 0 Å². The van der Waals surface area contributed by atoms with Crippen molar-refractivity contribution in [3.63, 3.8) is 0 Å². The highest BCUT2D eigenvalue weighted by atomic mass is 32.1. The Morgan fingerprint density at radius 2 is 0.714 bits per heavy atom. The Bertz CT molecular complexity index is 2570. The van der Waals surface area contributed by atoms with E-state index in [1.165, 1.54) is 97.7 Å². The number of rotatable bonds is 5. The first-order chi connectivity index (χ1) is 24.1. The number of benzene rings is 8. The molecular weight excluding hydrogens is 609 g/mol. The largest absolute Gasteiger partial charge is 0.135 e. The van der Waals surface area contributed by atoms with Gasteiger partial charge in [-0.15, -0.1) is 11.3 Å². The van der Waals surface area contributed by atoms with Gasteiger partial charge in [0.05, 0.1) is 0 Å². The third-order valence-corrected chi connectivity index (χ3v) is 11.0. The maximum absolute atomic E-state index is 2.43. The predicted octanol–water partition coefficient (Wildman–Crippen LogP) is 14.2. The topological polar surface area (TPSA) is 0 Å². The molecule has 0 amide bonds. The normalized spacial score (nSPS) is 11.5. The van der Waals surface area contributed by atoms with Crippen LogP contribution in [0.25, 0.3) is 86.6 Å². The Balaban J connectivity index is 1.26. The minimum absolute atomic E-state index is 1.23. The van der Waals surface area contributed by atoms with Gasteiger partial charge in [-0.3, -0.25) is 0 Å². The third kappa shape index (κ3) is 5.15. The van der Waals surface area contributed by atoms with Gasteiger partial charge in [0.1, 0.15) is 0 Å². The molecule has 0 N–H and O–H groups in total. The standard InChI is InChI=1S/C48H34S/c1-31-16-20-36(21-17-31)47-43-29-28-38(30-44(43)49-48(47)37-22-18-32(2)19-23-37)46-41-14-8-6-12-39(41)45(40-13-7-9-15-42(40)46)35-26-24-34(25-27-35)33-10-4-3-5-11-33/h3-30H,1-2H3. The second kappa shape index (κ2) is 12.0. The molecule has 9 rings (SSSR count). The van der Waals surface area contributed by atoms with Crippen molar-refractivity contribution in [2.24, 2.45) is 0 Å². The van der Waals surface area contributed by atoms with Crippen molar-refractivity contribution < 1.29 is 0 Å². The lowest BCUT2D eigenvalue weighted by atomic mass is 9.85. The van der Waals surface area contributed by atoms with E-state index in [4.69, 9.17) is 0 Å². The molecule has 0 saturated carbocycles. The van der Waals surface area contributed by atoms with Gasteiger partial charge in [-0.25, -0.2) is 0 Å². The van der Waals surface area contributed by atoms with E-state index in [2.05, 4.69) is 184 Å². The first-order valence-electron chi connectivity index (χ1n) is 16.9. The Morgan fingerprint density at radius 1 is 0.306 bits per heavy atom. The summed E-state index contributed by atoms with van der Waals surface area (Å²) in [6.45, 7) is 4.31. The molecule has 1 heterocycles. The number of fused-ring (bicyclic) bond motifs is 3. The smallest absolute Gasteiger partial charge is 0.0433 e. The van der Waals surface area contributed by atoms with Crippen molar-refractivity contribution in [3.05, 3.63) is 181 Å². The van der Waals surface area contributed by atoms with Crippen LogP contribution in [0, 0.1) is 13.8 Å². The molecule has 0 unspecified atom stereocenters. The van der Waals surface area contributed by atoms with Crippen molar-refractivity contribution in [1.29, 1.82) is 0 Å². The molecule has 0 fully saturated rings. The summed E-state index contributed by atoms with van der Waals surface area (Å²) in [6, 6.07) is 62.7. The zero-order valence-corrected chi connectivity index (χ0v) is 28.4. The SMILES string of the molecule is Cc1ccc(-c2sc3cc(-c4c5ccccc5c(-c5ccc(-c6ccccc6)cc5)c5ccccc45)ccc3c2-c2ccc(C)cc2)cc1. The monoisotopic (exact) mass is 642 g/mol. The van der Waals surface area contributed by atoms with Gasteiger partial charge in [-0.1, -0.05) is 175 Å². The maximum atomic E-state index is 2.43. The fraction of sp³-hybridized carbons (Fsp3) is 0.0417. The van der Waals surface area contributed by atoms with Crippen LogP contribution in [0.3, 0.4) is 0 Å². The quantitative estimate of drug-likeness (QED) is 0.164. The molecule has 232 valence electrons. The summed E-state index contributed by atoms with van der Waals surface area (Å²) in [5.41, 5.74) is 13.9. The molecule has 9 aromatic rings. The predicted molar refractivity (Wildman–Crippen MR) is 213 cm³/mol. The van der Waals surface area contributed by atoms with E-state index in [0.717, 1.165) is 0 Å². The lowest BCUT2D eigenvalue weighted by Crippen LogP contribution is -1.91. The second-order valence-electron chi connectivity index (χ2n) is 13.0. The van der Waals surface area contributed by atoms with Gasteiger partial charge < -0.3 is 0 Å². The molecule has 1 aromatic heterocycles. The fourth-order valence-electron chi connectivity index (χ4n) is 7.38. The van der Waals surface area contributed by atoms with Gasteiger partial charge in [0.15, 0.2) is 0 Å². The average Bonchev–Trinajstić information content (AvgIpc) is 3.53. The van der Waals surface area contributed by atoms with Crippen LogP contribution in [0.2, 0.25) is 0 Å². The molecule has 1 heteroatoms. The summed E-state index contributed by atoms with van der Waals surface area (Å²) in [5, 5.41) is 6.40. The Morgan fingerprint density at radius 3 is 1.29 bits per heavy atom. The van der Waals surface area contributed by atoms with Crippen LogP contribution in [0.15, 0.2) is 170 Å². The molecule has 8 aromatic carbocycles. The highest BCUT2D eigenvalue weighted by molar-refractivity contribution is 7.23. The molecule has 0 spiro atoms. The highest BCUT2D eigenvalue weighted by Gasteiger charge is 2.20. The number of aryl methyl sites for hydroxylation is 2. The fourth-order valence-corrected chi connectivity index (χ4v) is 8.65. The summed E-state index contributed by atoms with van der Waals surface area (Å²) >= 11 is 1.90. The zero-order chi connectivity index (χ0) is 32.9. The van der Waals surface area contributed by atoms with Gasteiger partial charge in [0.25, 0.3) is 0 Å². The summed E-state index contributed by atoms with van der Waals surface area (Å²) < 4.78 is 1.30. The maximum Gasteiger partial charge on any atom is 0.0433 e. The van der Waals surface area contributed by atoms with Crippen molar-refractivity contribution >= 4 is 43.0 Å². The van der Waals surface area contributed by atoms with Crippen LogP contribution < -0.4 is 0 Å². The Kier molecular flexibility index (Phi) is 7.22. The minimum atomic E-state index is 1.23. The van der Waals surface area contributed by atoms with Crippen LogP contribution in [-0.4, -0.2) is 0 Å². The van der Waals surface area contributed by atoms with Gasteiger partial charge in [0, 0.05) is 20.5 Å². The van der Waals surface area contributed by atoms with Gasteiger partial charge in [0.2, 0.25) is 0 Å². The Hall–Kier alpha value is -5.76. The molecule has 49 heavy (non-hydrogen) atoms. The Labute approximate surface area is 291 Å². The van der Waals surface area contributed by atoms with Gasteiger partial charge >= 0.3 is 0 Å². The molecule has 0 bridgehead atoms. The molecule has 0 aliphatic rings. The molecule has 0 nitrogen and oxygen atoms in total. The van der Waals surface area contributed by atoms with Crippen LogP contribution >= 0.6 is 11.3 Å². The molecule has 0 radical (unpaired) electrons. The van der Waals surface area contributed by atoms with Crippen molar-refractivity contribution in [2.45, 2.75) is 13.8 Å². The van der Waals surface area contributed by atoms with E-state index < -0.39 is 0 Å². The lowest BCUT2D eigenvalue weighted by molar-refractivity contribution is 1.47. The van der Waals surface area contributed by atoms with Crippen LogP contribution in [0.4, 0.5) is 0 Å². The molecular formula is C48H34S. The summed E-state index contributed by atoms with van der Waals surface area (Å²) in [7, 11) is 0. The number of hydrogen-bond acceptors (Lipinski definition) is 1. The minimum Gasteiger partial charge on any atom is -0.135 e. The van der Waals surface area contributed by atoms with Crippen LogP contribution in [-0.2, 0) is 0 Å². The van der Waals surface area contributed by atoms with E-state index in [0.29, 0.717) is 0 Å². The number of hydrogen-bond donors (Lipinski definition) is 0. The summed E-state index contributed by atoms with van der Waals surface area (Å²) in [4.78, 5) is 1.32. The molecule has 0 atom stereocenters. The molecule has 0 aliphatic carbocycles. The van der Waals surface area contributed by atoms with Crippen molar-refractivity contribution in [2.75, 3.05) is 0 Å². The second-order valence-corrected chi connectivity index (χ2v) is 14.1. The molecule has 0 aliphatic heterocycles. The van der Waals surface area contributed by atoms with Crippen LogP contribution in [0.5, 0.6) is 0 Å². The summed E-state index contributed by atoms with van der Waals surface area (Å²) in [6.07, 6.45) is 0. The van der Waals surface area contributed by atoms with E-state index in [1.807, 2.05) is 11.3 Å². The highest BCUT2D eigenvalue weighted by Crippen LogP contribution is 2.48. The van der Waals surface area contributed by atoms with Crippen molar-refractivity contribution in [3.8, 4) is 54.9 Å². The number of thiophene rings is 1. The van der Waals surface area contributed by atoms with Crippen LogP contribution in [0.1, 0.15) is 11.1 Å². The lowest BCUT2D eigenvalue weighted by Gasteiger charge is -2.18. The molecule has 0 saturated heterocycles. The van der Waals surface area contributed by atoms with E-state index >= 15 is 0 Å². The third-order valence-electron chi connectivity index (χ3n) is 9.84. The first-order valence-corrected chi connectivity index (χ1v) is 17.7. The average molecular weight is 643 g/mol. The van der Waals surface area contributed by atoms with E-state index in [1.54, 1.807) is 0 Å². The summed E-state index contributed by atoms with van der Waals surface area (Å²) in [5.74, 6) is 0. The van der Waals surface area contributed by atoms with Gasteiger partial charge in [-0.05, 0) is 86.0 Å². The van der Waals surface area contributed by atoms with E-state index in [-0.39, 0.29) is 0 Å². The van der Waals surface area contributed by atoms with Gasteiger partial charge in [-0.2, -0.15) is 0 Å².